The first-order valence-corrected chi connectivity index (χ1v) is 10.7. The van der Waals surface area contributed by atoms with Gasteiger partial charge in [-0.1, -0.05) is 35.1 Å². The molecule has 1 aromatic carbocycles. The normalized spacial score (nSPS) is 22.6. The lowest BCUT2D eigenvalue weighted by Crippen LogP contribution is -2.43. The minimum Gasteiger partial charge on any atom is -0.364 e. The Balaban J connectivity index is 1.66. The highest BCUT2D eigenvalue weighted by Gasteiger charge is 2.41. The maximum Gasteiger partial charge on any atom is 0.186 e. The molecule has 0 bridgehead atoms. The number of likely N-dealkylation sites (tertiary alicyclic amines) is 1. The van der Waals surface area contributed by atoms with Gasteiger partial charge >= 0.3 is 0 Å². The van der Waals surface area contributed by atoms with Crippen LogP contribution in [0.25, 0.3) is 6.08 Å². The second-order valence-electron chi connectivity index (χ2n) is 7.60. The highest BCUT2D eigenvalue weighted by atomic mass is 32.2. The standard InChI is InChI=1S/C22H23FN2O3S/c1-14(26)29-20-8-10-25(13-16(20)12-17-9-11-28-24-17)21(22(27)15-6-7-15)18-4-2-3-5-19(18)23/h2-5,9,11-12,15,20-21H,6-8,10,13H2,1H3/b16-12+. The minimum atomic E-state index is -0.604. The smallest absolute Gasteiger partial charge is 0.186 e. The summed E-state index contributed by atoms with van der Waals surface area (Å²) in [5.74, 6) is -0.241. The largest absolute Gasteiger partial charge is 0.364 e. The summed E-state index contributed by atoms with van der Waals surface area (Å²) in [7, 11) is 0. The molecule has 0 spiro atoms. The first-order valence-electron chi connectivity index (χ1n) is 9.83. The second-order valence-corrected chi connectivity index (χ2v) is 8.98. The van der Waals surface area contributed by atoms with Crippen LogP contribution in [0.5, 0.6) is 0 Å². The van der Waals surface area contributed by atoms with Crippen molar-refractivity contribution in [1.29, 1.82) is 0 Å². The SMILES string of the molecule is CC(=O)SC1CCN(C(C(=O)C2CC2)c2ccccc2F)C/C1=C\c1ccon1. The van der Waals surface area contributed by atoms with Crippen molar-refractivity contribution in [3.05, 3.63) is 59.2 Å². The Labute approximate surface area is 173 Å². The number of nitrogens with zero attached hydrogens (tertiary/aromatic N) is 2. The van der Waals surface area contributed by atoms with Gasteiger partial charge in [0, 0.05) is 42.8 Å². The van der Waals surface area contributed by atoms with Crippen LogP contribution in [0.1, 0.15) is 43.5 Å². The summed E-state index contributed by atoms with van der Waals surface area (Å²) < 4.78 is 19.5. The van der Waals surface area contributed by atoms with Gasteiger partial charge in [0.15, 0.2) is 10.9 Å². The van der Waals surface area contributed by atoms with E-state index in [4.69, 9.17) is 4.52 Å². The summed E-state index contributed by atoms with van der Waals surface area (Å²) >= 11 is 1.29. The van der Waals surface area contributed by atoms with Crippen LogP contribution in [0.3, 0.4) is 0 Å². The maximum absolute atomic E-state index is 14.6. The molecule has 2 aliphatic rings. The van der Waals surface area contributed by atoms with Crippen molar-refractivity contribution in [1.82, 2.24) is 10.1 Å². The fourth-order valence-electron chi connectivity index (χ4n) is 3.88. The maximum atomic E-state index is 14.6. The molecule has 2 atom stereocenters. The quantitative estimate of drug-likeness (QED) is 0.703. The number of Topliss-reactive ketones (excluding diaryl/α,β-unsaturated/α-hetero) is 1. The molecule has 4 rings (SSSR count). The monoisotopic (exact) mass is 414 g/mol. The summed E-state index contributed by atoms with van der Waals surface area (Å²) in [6.07, 6.45) is 5.87. The van der Waals surface area contributed by atoms with E-state index in [0.29, 0.717) is 30.8 Å². The van der Waals surface area contributed by atoms with E-state index >= 15 is 0 Å². The molecular weight excluding hydrogens is 391 g/mol. The molecule has 1 aliphatic heterocycles. The predicted octanol–water partition coefficient (Wildman–Crippen LogP) is 4.27. The third kappa shape index (κ3) is 4.67. The number of thioether (sulfide) groups is 1. The zero-order valence-electron chi connectivity index (χ0n) is 16.2. The highest BCUT2D eigenvalue weighted by molar-refractivity contribution is 8.14. The van der Waals surface area contributed by atoms with Crippen LogP contribution in [0, 0.1) is 11.7 Å². The van der Waals surface area contributed by atoms with Crippen LogP contribution < -0.4 is 0 Å². The van der Waals surface area contributed by atoms with Crippen LogP contribution in [0.4, 0.5) is 4.39 Å². The van der Waals surface area contributed by atoms with Gasteiger partial charge in [-0.2, -0.15) is 0 Å². The van der Waals surface area contributed by atoms with Gasteiger partial charge < -0.3 is 4.52 Å². The molecule has 7 heteroatoms. The number of piperidine rings is 1. The van der Waals surface area contributed by atoms with Crippen molar-refractivity contribution in [2.24, 2.45) is 5.92 Å². The zero-order valence-corrected chi connectivity index (χ0v) is 17.0. The van der Waals surface area contributed by atoms with E-state index in [1.807, 2.05) is 11.0 Å². The predicted molar refractivity (Wildman–Crippen MR) is 110 cm³/mol. The van der Waals surface area contributed by atoms with E-state index in [0.717, 1.165) is 18.4 Å². The highest BCUT2D eigenvalue weighted by Crippen LogP contribution is 2.40. The number of benzene rings is 1. The lowest BCUT2D eigenvalue weighted by molar-refractivity contribution is -0.126. The van der Waals surface area contributed by atoms with Crippen molar-refractivity contribution in [3.8, 4) is 0 Å². The number of ketones is 1. The Kier molecular flexibility index (Phi) is 5.96. The van der Waals surface area contributed by atoms with Gasteiger partial charge in [0.2, 0.25) is 0 Å². The number of aromatic nitrogens is 1. The van der Waals surface area contributed by atoms with Crippen molar-refractivity contribution < 1.29 is 18.5 Å². The van der Waals surface area contributed by atoms with Gasteiger partial charge in [-0.25, -0.2) is 4.39 Å². The van der Waals surface area contributed by atoms with Gasteiger partial charge in [0.1, 0.15) is 17.8 Å². The molecule has 5 nitrogen and oxygen atoms in total. The Morgan fingerprint density at radius 1 is 1.28 bits per heavy atom. The first kappa shape index (κ1) is 20.0. The van der Waals surface area contributed by atoms with E-state index in [1.165, 1.54) is 24.1 Å². The van der Waals surface area contributed by atoms with Gasteiger partial charge in [-0.3, -0.25) is 14.5 Å². The average molecular weight is 415 g/mol. The van der Waals surface area contributed by atoms with Crippen molar-refractivity contribution in [2.75, 3.05) is 13.1 Å². The molecule has 152 valence electrons. The molecule has 2 heterocycles. The first-order chi connectivity index (χ1) is 14.0. The molecule has 0 radical (unpaired) electrons. The van der Waals surface area contributed by atoms with E-state index in [2.05, 4.69) is 5.16 Å². The summed E-state index contributed by atoms with van der Waals surface area (Å²) in [6, 6.07) is 7.68. The van der Waals surface area contributed by atoms with E-state index in [1.54, 1.807) is 31.2 Å². The number of halogens is 1. The van der Waals surface area contributed by atoms with E-state index < -0.39 is 6.04 Å². The van der Waals surface area contributed by atoms with Gasteiger partial charge in [-0.15, -0.1) is 0 Å². The van der Waals surface area contributed by atoms with Crippen LogP contribution in [0.2, 0.25) is 0 Å². The molecule has 1 saturated heterocycles. The van der Waals surface area contributed by atoms with Gasteiger partial charge in [0.25, 0.3) is 0 Å². The summed E-state index contributed by atoms with van der Waals surface area (Å²) in [4.78, 5) is 26.9. The lowest BCUT2D eigenvalue weighted by atomic mass is 9.93. The molecule has 0 N–H and O–H groups in total. The molecule has 2 fully saturated rings. The molecular formula is C22H23FN2O3S. The Bertz CT molecular complexity index is 924. The number of rotatable bonds is 6. The summed E-state index contributed by atoms with van der Waals surface area (Å²) in [5, 5.41) is 4.01. The van der Waals surface area contributed by atoms with Crippen LogP contribution in [0.15, 0.2) is 46.7 Å². The van der Waals surface area contributed by atoms with Crippen molar-refractivity contribution >= 4 is 28.7 Å². The van der Waals surface area contributed by atoms with E-state index in [9.17, 15) is 14.0 Å². The van der Waals surface area contributed by atoms with Crippen LogP contribution in [-0.2, 0) is 9.59 Å². The average Bonchev–Trinajstić information content (AvgIpc) is 3.42. The fourth-order valence-corrected chi connectivity index (χ4v) is 4.80. The summed E-state index contributed by atoms with van der Waals surface area (Å²) in [5.41, 5.74) is 2.10. The third-order valence-corrected chi connectivity index (χ3v) is 6.55. The number of hydrogen-bond acceptors (Lipinski definition) is 6. The zero-order chi connectivity index (χ0) is 20.4. The van der Waals surface area contributed by atoms with Crippen LogP contribution >= 0.6 is 11.8 Å². The number of hydrogen-bond donors (Lipinski definition) is 0. The molecule has 2 unspecified atom stereocenters. The molecule has 29 heavy (non-hydrogen) atoms. The lowest BCUT2D eigenvalue weighted by Gasteiger charge is -2.38. The Hall–Kier alpha value is -2.25. The van der Waals surface area contributed by atoms with Gasteiger partial charge in [0.05, 0.1) is 6.04 Å². The van der Waals surface area contributed by atoms with Crippen molar-refractivity contribution in [2.45, 2.75) is 37.5 Å². The van der Waals surface area contributed by atoms with Crippen molar-refractivity contribution in [3.63, 3.8) is 0 Å². The molecule has 1 aliphatic carbocycles. The Morgan fingerprint density at radius 3 is 2.72 bits per heavy atom. The van der Waals surface area contributed by atoms with E-state index in [-0.39, 0.29) is 27.9 Å². The molecule has 2 aromatic rings. The van der Waals surface area contributed by atoms with Crippen LogP contribution in [-0.4, -0.2) is 39.3 Å². The fraction of sp³-hybridized carbons (Fsp3) is 0.409. The minimum absolute atomic E-state index is 0.0118. The molecule has 1 aromatic heterocycles. The third-order valence-electron chi connectivity index (χ3n) is 5.39. The number of carbonyl (C=O) groups is 2. The second kappa shape index (κ2) is 8.63. The van der Waals surface area contributed by atoms with Gasteiger partial charge in [-0.05, 0) is 37.0 Å². The molecule has 1 saturated carbocycles. The number of carbonyl (C=O) groups excluding carboxylic acids is 2. The topological polar surface area (TPSA) is 63.4 Å². The Morgan fingerprint density at radius 2 is 2.07 bits per heavy atom. The molecule has 0 amide bonds. The summed E-state index contributed by atoms with van der Waals surface area (Å²) in [6.45, 7) is 2.66.